The number of hydrogen-bond donors (Lipinski definition) is 3. The van der Waals surface area contributed by atoms with Crippen molar-refractivity contribution in [3.63, 3.8) is 0 Å². The van der Waals surface area contributed by atoms with E-state index in [1.807, 2.05) is 32.9 Å². The minimum atomic E-state index is -0.479. The number of amidine groups is 1. The van der Waals surface area contributed by atoms with E-state index in [0.29, 0.717) is 5.69 Å². The summed E-state index contributed by atoms with van der Waals surface area (Å²) in [4.78, 5) is 12.2. The number of benzene rings is 2. The van der Waals surface area contributed by atoms with Crippen molar-refractivity contribution >= 4 is 45.8 Å². The van der Waals surface area contributed by atoms with Crippen molar-refractivity contribution in [3.8, 4) is 0 Å². The molecule has 2 rings (SSSR count). The summed E-state index contributed by atoms with van der Waals surface area (Å²) in [6.45, 7) is 5.89. The fraction of sp³-hybridized carbons (Fsp3) is 0.222. The first-order chi connectivity index (χ1) is 12.7. The van der Waals surface area contributed by atoms with Gasteiger partial charge >= 0.3 is 0 Å². The van der Waals surface area contributed by atoms with Crippen LogP contribution in [0.4, 0.5) is 15.8 Å². The summed E-state index contributed by atoms with van der Waals surface area (Å²) in [6.07, 6.45) is 0. The Balaban J connectivity index is 2.06. The molecule has 0 spiro atoms. The molecule has 2 aromatic rings. The zero-order valence-corrected chi connectivity index (χ0v) is 16.8. The van der Waals surface area contributed by atoms with Gasteiger partial charge < -0.3 is 11.2 Å². The lowest BCUT2D eigenvalue weighted by Gasteiger charge is -2.23. The van der Waals surface area contributed by atoms with E-state index in [4.69, 9.17) is 23.3 Å². The Kier molecular flexibility index (Phi) is 7.06. The number of halogens is 2. The fourth-order valence-electron chi connectivity index (χ4n) is 2.72. The van der Waals surface area contributed by atoms with Crippen molar-refractivity contribution in [2.75, 3.05) is 16.1 Å². The van der Waals surface area contributed by atoms with Crippen LogP contribution in [0.1, 0.15) is 16.7 Å². The van der Waals surface area contributed by atoms with Crippen LogP contribution in [-0.4, -0.2) is 16.8 Å². The Hall–Kier alpha value is -2.29. The molecule has 0 heterocycles. The van der Waals surface area contributed by atoms with E-state index < -0.39 is 5.82 Å². The molecule has 0 fully saturated rings. The molecule has 9 heteroatoms. The Morgan fingerprint density at radius 3 is 2.44 bits per heavy atom. The summed E-state index contributed by atoms with van der Waals surface area (Å²) in [5, 5.41) is 8.08. The van der Waals surface area contributed by atoms with E-state index in [1.165, 1.54) is 17.1 Å². The van der Waals surface area contributed by atoms with Gasteiger partial charge in [-0.05, 0) is 50.1 Å². The largest absolute Gasteiger partial charge is 0.324 e. The van der Waals surface area contributed by atoms with Crippen LogP contribution in [0.25, 0.3) is 0 Å². The van der Waals surface area contributed by atoms with E-state index in [1.54, 1.807) is 0 Å². The predicted molar refractivity (Wildman–Crippen MR) is 111 cm³/mol. The topological polar surface area (TPSA) is 96.7 Å². The maximum absolute atomic E-state index is 13.1. The second-order valence-corrected chi connectivity index (χ2v) is 7.34. The molecule has 144 valence electrons. The number of thioether (sulfide) groups is 1. The van der Waals surface area contributed by atoms with E-state index >= 15 is 0 Å². The number of aryl methyl sites for hydroxylation is 3. The highest BCUT2D eigenvalue weighted by atomic mass is 35.5. The van der Waals surface area contributed by atoms with Gasteiger partial charge in [-0.15, -0.1) is 0 Å². The average Bonchev–Trinajstić information content (AvgIpc) is 2.57. The van der Waals surface area contributed by atoms with Gasteiger partial charge in [0.15, 0.2) is 0 Å². The molecule has 0 saturated carbocycles. The highest BCUT2D eigenvalue weighted by Crippen LogP contribution is 2.27. The van der Waals surface area contributed by atoms with Crippen LogP contribution in [0, 0.1) is 26.6 Å². The standard InChI is InChI=1S/C18H21ClFN5OS/c1-10-6-11(2)17(12(3)7-10)25(22)18(24-21)27-9-16(26)23-15-5-4-13(20)8-14(15)19/h4-8H,9,21-22H2,1-3H3,(H,23,26)/b24-18+. The van der Waals surface area contributed by atoms with Gasteiger partial charge in [-0.1, -0.05) is 41.1 Å². The van der Waals surface area contributed by atoms with E-state index in [0.717, 1.165) is 40.2 Å². The highest BCUT2D eigenvalue weighted by molar-refractivity contribution is 8.14. The molecule has 5 N–H and O–H groups in total. The van der Waals surface area contributed by atoms with Gasteiger partial charge in [0, 0.05) is 0 Å². The Morgan fingerprint density at radius 1 is 1.26 bits per heavy atom. The number of nitrogens with zero attached hydrogens (tertiary/aromatic N) is 2. The third kappa shape index (κ3) is 5.35. The smallest absolute Gasteiger partial charge is 0.234 e. The van der Waals surface area contributed by atoms with Gasteiger partial charge in [0.2, 0.25) is 11.1 Å². The molecule has 0 radical (unpaired) electrons. The number of hydrazone groups is 1. The third-order valence-electron chi connectivity index (χ3n) is 3.73. The Bertz CT molecular complexity index is 867. The van der Waals surface area contributed by atoms with Gasteiger partial charge in [-0.3, -0.25) is 9.80 Å². The van der Waals surface area contributed by atoms with Crippen molar-refractivity contribution in [1.29, 1.82) is 0 Å². The first kappa shape index (κ1) is 21.0. The first-order valence-corrected chi connectivity index (χ1v) is 9.37. The number of hydrazine groups is 1. The molecule has 27 heavy (non-hydrogen) atoms. The van der Waals surface area contributed by atoms with Gasteiger partial charge in [-0.2, -0.15) is 5.10 Å². The quantitative estimate of drug-likeness (QED) is 0.310. The van der Waals surface area contributed by atoms with Gasteiger partial charge in [0.25, 0.3) is 0 Å². The minimum absolute atomic E-state index is 0.00138. The number of nitrogens with one attached hydrogen (secondary N) is 1. The van der Waals surface area contributed by atoms with E-state index in [-0.39, 0.29) is 21.9 Å². The highest BCUT2D eigenvalue weighted by Gasteiger charge is 2.17. The SMILES string of the molecule is Cc1cc(C)c(N(N)/C(=N\N)SCC(=O)Nc2ccc(F)cc2Cl)c(C)c1. The van der Waals surface area contributed by atoms with Crippen LogP contribution < -0.4 is 22.0 Å². The summed E-state index contributed by atoms with van der Waals surface area (Å²) < 4.78 is 13.1. The number of rotatable bonds is 4. The molecule has 0 aromatic heterocycles. The fourth-order valence-corrected chi connectivity index (χ4v) is 3.58. The Morgan fingerprint density at radius 2 is 1.89 bits per heavy atom. The van der Waals surface area contributed by atoms with Crippen LogP contribution in [0.5, 0.6) is 0 Å². The van der Waals surface area contributed by atoms with Crippen molar-refractivity contribution in [2.45, 2.75) is 20.8 Å². The van der Waals surface area contributed by atoms with Gasteiger partial charge in [0.1, 0.15) is 5.82 Å². The van der Waals surface area contributed by atoms with Crippen LogP contribution in [0.3, 0.4) is 0 Å². The van der Waals surface area contributed by atoms with Gasteiger partial charge in [0.05, 0.1) is 22.2 Å². The molecule has 0 aliphatic heterocycles. The molecular weight excluding hydrogens is 389 g/mol. The van der Waals surface area contributed by atoms with Crippen molar-refractivity contribution in [1.82, 2.24) is 0 Å². The lowest BCUT2D eigenvalue weighted by Crippen LogP contribution is -2.38. The number of carbonyl (C=O) groups is 1. The monoisotopic (exact) mass is 409 g/mol. The minimum Gasteiger partial charge on any atom is -0.324 e. The second-order valence-electron chi connectivity index (χ2n) is 5.99. The molecule has 0 aliphatic carbocycles. The zero-order valence-electron chi connectivity index (χ0n) is 15.2. The Labute approximate surface area is 166 Å². The summed E-state index contributed by atoms with van der Waals surface area (Å²) in [7, 11) is 0. The lowest BCUT2D eigenvalue weighted by atomic mass is 10.1. The second kappa shape index (κ2) is 9.07. The number of amides is 1. The molecule has 6 nitrogen and oxygen atoms in total. The van der Waals surface area contributed by atoms with Crippen LogP contribution in [0.2, 0.25) is 5.02 Å². The zero-order chi connectivity index (χ0) is 20.1. The number of hydrogen-bond acceptors (Lipinski definition) is 5. The van der Waals surface area contributed by atoms with Crippen molar-refractivity contribution in [2.24, 2.45) is 16.8 Å². The van der Waals surface area contributed by atoms with Crippen LogP contribution in [0.15, 0.2) is 35.4 Å². The summed E-state index contributed by atoms with van der Waals surface area (Å²) >= 11 is 6.99. The summed E-state index contributed by atoms with van der Waals surface area (Å²) in [5.41, 5.74) is 4.17. The average molecular weight is 410 g/mol. The molecule has 0 atom stereocenters. The maximum Gasteiger partial charge on any atom is 0.234 e. The molecule has 2 aromatic carbocycles. The summed E-state index contributed by atoms with van der Waals surface area (Å²) in [6, 6.07) is 7.74. The lowest BCUT2D eigenvalue weighted by molar-refractivity contribution is -0.113. The van der Waals surface area contributed by atoms with Crippen LogP contribution >= 0.6 is 23.4 Å². The molecule has 0 unspecified atom stereocenters. The van der Waals surface area contributed by atoms with Crippen LogP contribution in [-0.2, 0) is 4.79 Å². The molecule has 1 amide bonds. The predicted octanol–water partition coefficient (Wildman–Crippen LogP) is 3.69. The number of nitrogens with two attached hydrogens (primary N) is 2. The van der Waals surface area contributed by atoms with Crippen molar-refractivity contribution in [3.05, 3.63) is 57.9 Å². The van der Waals surface area contributed by atoms with Gasteiger partial charge in [-0.25, -0.2) is 10.2 Å². The molecule has 0 saturated heterocycles. The number of carbonyl (C=O) groups excluding carboxylic acids is 1. The molecular formula is C18H21ClFN5OS. The van der Waals surface area contributed by atoms with E-state index in [9.17, 15) is 9.18 Å². The first-order valence-electron chi connectivity index (χ1n) is 8.01. The number of anilines is 2. The molecule has 0 bridgehead atoms. The third-order valence-corrected chi connectivity index (χ3v) is 5.01. The van der Waals surface area contributed by atoms with E-state index in [2.05, 4.69) is 10.4 Å². The maximum atomic E-state index is 13.1. The normalized spacial score (nSPS) is 11.4. The van der Waals surface area contributed by atoms with Crippen molar-refractivity contribution < 1.29 is 9.18 Å². The summed E-state index contributed by atoms with van der Waals surface area (Å²) in [5.74, 6) is 10.8. The molecule has 0 aliphatic rings.